The first-order chi connectivity index (χ1) is 7.65. The third-order valence-electron chi connectivity index (χ3n) is 1.94. The van der Waals surface area contributed by atoms with Gasteiger partial charge in [0.15, 0.2) is 0 Å². The van der Waals surface area contributed by atoms with E-state index in [1.54, 1.807) is 13.1 Å². The van der Waals surface area contributed by atoms with Gasteiger partial charge in [-0.05, 0) is 30.8 Å². The summed E-state index contributed by atoms with van der Waals surface area (Å²) in [5.41, 5.74) is 6.58. The van der Waals surface area contributed by atoms with Crippen molar-refractivity contribution in [1.29, 1.82) is 0 Å². The molecule has 0 bridgehead atoms. The standard InChI is InChI=1S/C10H12N4OS/c1-6(11)9-4-3-8(5-12-9)16-10-14-13-7(2)15-10/h3-6H,11H2,1-2H3/t6-/m1/s1. The highest BCUT2D eigenvalue weighted by molar-refractivity contribution is 7.99. The van der Waals surface area contributed by atoms with Crippen LogP contribution in [0.3, 0.4) is 0 Å². The number of nitrogens with two attached hydrogens (primary N) is 1. The molecule has 2 N–H and O–H groups in total. The number of pyridine rings is 1. The van der Waals surface area contributed by atoms with Crippen LogP contribution in [0.1, 0.15) is 24.6 Å². The maximum Gasteiger partial charge on any atom is 0.281 e. The first-order valence-corrected chi connectivity index (χ1v) is 5.66. The number of nitrogens with zero attached hydrogens (tertiary/aromatic N) is 3. The first-order valence-electron chi connectivity index (χ1n) is 4.84. The fourth-order valence-corrected chi connectivity index (χ4v) is 1.83. The van der Waals surface area contributed by atoms with E-state index in [9.17, 15) is 0 Å². The molecule has 0 aliphatic heterocycles. The average Bonchev–Trinajstić information content (AvgIpc) is 2.65. The summed E-state index contributed by atoms with van der Waals surface area (Å²) in [4.78, 5) is 5.20. The van der Waals surface area contributed by atoms with Gasteiger partial charge in [-0.3, -0.25) is 4.98 Å². The summed E-state index contributed by atoms with van der Waals surface area (Å²) in [6, 6.07) is 3.79. The van der Waals surface area contributed by atoms with Crippen LogP contribution in [-0.4, -0.2) is 15.2 Å². The predicted octanol–water partition coefficient (Wildman–Crippen LogP) is 1.94. The third kappa shape index (κ3) is 2.59. The molecule has 1 atom stereocenters. The molecule has 0 aromatic carbocycles. The Morgan fingerprint density at radius 1 is 1.38 bits per heavy atom. The summed E-state index contributed by atoms with van der Waals surface area (Å²) in [5, 5.41) is 8.16. The van der Waals surface area contributed by atoms with Crippen molar-refractivity contribution in [3.63, 3.8) is 0 Å². The van der Waals surface area contributed by atoms with E-state index in [4.69, 9.17) is 10.2 Å². The van der Waals surface area contributed by atoms with Crippen molar-refractivity contribution < 1.29 is 4.42 Å². The Hall–Kier alpha value is -1.40. The highest BCUT2D eigenvalue weighted by Gasteiger charge is 2.06. The molecule has 0 saturated carbocycles. The number of hydrogen-bond donors (Lipinski definition) is 1. The van der Waals surface area contributed by atoms with Gasteiger partial charge < -0.3 is 10.2 Å². The largest absolute Gasteiger partial charge is 0.416 e. The molecule has 84 valence electrons. The highest BCUT2D eigenvalue weighted by atomic mass is 32.2. The molecule has 0 amide bonds. The van der Waals surface area contributed by atoms with Crippen molar-refractivity contribution >= 4 is 11.8 Å². The maximum absolute atomic E-state index is 5.71. The normalized spacial score (nSPS) is 12.7. The summed E-state index contributed by atoms with van der Waals surface area (Å²) in [6.45, 7) is 3.66. The second-order valence-corrected chi connectivity index (χ2v) is 4.42. The van der Waals surface area contributed by atoms with E-state index in [2.05, 4.69) is 15.2 Å². The van der Waals surface area contributed by atoms with E-state index in [0.29, 0.717) is 11.1 Å². The third-order valence-corrected chi connectivity index (χ3v) is 2.76. The van der Waals surface area contributed by atoms with E-state index in [1.807, 2.05) is 19.1 Å². The van der Waals surface area contributed by atoms with Gasteiger partial charge >= 0.3 is 0 Å². The molecule has 0 saturated heterocycles. The molecule has 2 aromatic rings. The minimum Gasteiger partial charge on any atom is -0.416 e. The van der Waals surface area contributed by atoms with Gasteiger partial charge in [-0.2, -0.15) is 0 Å². The minimum atomic E-state index is -0.0512. The summed E-state index contributed by atoms with van der Waals surface area (Å²) in [5.74, 6) is 0.558. The molecule has 0 radical (unpaired) electrons. The Balaban J connectivity index is 2.11. The number of hydrogen-bond acceptors (Lipinski definition) is 6. The molecule has 2 aromatic heterocycles. The van der Waals surface area contributed by atoms with Crippen LogP contribution in [-0.2, 0) is 0 Å². The van der Waals surface area contributed by atoms with Crippen LogP contribution in [0.15, 0.2) is 32.9 Å². The Labute approximate surface area is 97.5 Å². The fourth-order valence-electron chi connectivity index (χ4n) is 1.14. The molecule has 0 aliphatic carbocycles. The van der Waals surface area contributed by atoms with E-state index < -0.39 is 0 Å². The van der Waals surface area contributed by atoms with Crippen LogP contribution in [0, 0.1) is 6.92 Å². The van der Waals surface area contributed by atoms with E-state index in [0.717, 1.165) is 10.6 Å². The zero-order valence-electron chi connectivity index (χ0n) is 9.04. The lowest BCUT2D eigenvalue weighted by atomic mass is 10.2. The van der Waals surface area contributed by atoms with Gasteiger partial charge in [0.1, 0.15) is 0 Å². The van der Waals surface area contributed by atoms with Crippen LogP contribution in [0.2, 0.25) is 0 Å². The second-order valence-electron chi connectivity index (χ2n) is 3.40. The van der Waals surface area contributed by atoms with E-state index in [-0.39, 0.29) is 6.04 Å². The summed E-state index contributed by atoms with van der Waals surface area (Å²) < 4.78 is 5.25. The summed E-state index contributed by atoms with van der Waals surface area (Å²) in [7, 11) is 0. The van der Waals surface area contributed by atoms with Gasteiger partial charge in [0, 0.05) is 24.1 Å². The van der Waals surface area contributed by atoms with Crippen molar-refractivity contribution in [2.24, 2.45) is 5.73 Å². The predicted molar refractivity (Wildman–Crippen MR) is 60.0 cm³/mol. The van der Waals surface area contributed by atoms with Gasteiger partial charge in [-0.25, -0.2) is 0 Å². The molecule has 0 aliphatic rings. The quantitative estimate of drug-likeness (QED) is 0.877. The highest BCUT2D eigenvalue weighted by Crippen LogP contribution is 2.25. The molecule has 5 nitrogen and oxygen atoms in total. The van der Waals surface area contributed by atoms with Crippen LogP contribution >= 0.6 is 11.8 Å². The Kier molecular flexibility index (Phi) is 3.21. The number of aryl methyl sites for hydroxylation is 1. The average molecular weight is 236 g/mol. The monoisotopic (exact) mass is 236 g/mol. The second kappa shape index (κ2) is 4.63. The lowest BCUT2D eigenvalue weighted by molar-refractivity contribution is 0.429. The van der Waals surface area contributed by atoms with Gasteiger partial charge in [0.25, 0.3) is 5.22 Å². The molecule has 2 heterocycles. The lowest BCUT2D eigenvalue weighted by Crippen LogP contribution is -2.06. The zero-order valence-corrected chi connectivity index (χ0v) is 9.86. The Bertz CT molecular complexity index is 466. The van der Waals surface area contributed by atoms with Crippen molar-refractivity contribution in [2.45, 2.75) is 30.0 Å². The van der Waals surface area contributed by atoms with Gasteiger partial charge in [0.2, 0.25) is 5.89 Å². The summed E-state index contributed by atoms with van der Waals surface area (Å²) >= 11 is 1.39. The Morgan fingerprint density at radius 2 is 2.19 bits per heavy atom. The van der Waals surface area contributed by atoms with Crippen LogP contribution in [0.25, 0.3) is 0 Å². The maximum atomic E-state index is 5.71. The number of aromatic nitrogens is 3. The van der Waals surface area contributed by atoms with Crippen LogP contribution < -0.4 is 5.73 Å². The van der Waals surface area contributed by atoms with Gasteiger partial charge in [-0.15, -0.1) is 10.2 Å². The van der Waals surface area contributed by atoms with E-state index >= 15 is 0 Å². The molecular formula is C10H12N4OS. The number of rotatable bonds is 3. The SMILES string of the molecule is Cc1nnc(Sc2ccc([C@@H](C)N)nc2)o1. The van der Waals surface area contributed by atoms with Gasteiger partial charge in [0.05, 0.1) is 5.69 Å². The molecule has 16 heavy (non-hydrogen) atoms. The molecule has 6 heteroatoms. The first kappa shape index (κ1) is 11.1. The lowest BCUT2D eigenvalue weighted by Gasteiger charge is -2.04. The molecule has 0 fully saturated rings. The molecular weight excluding hydrogens is 224 g/mol. The summed E-state index contributed by atoms with van der Waals surface area (Å²) in [6.07, 6.45) is 1.75. The zero-order chi connectivity index (χ0) is 11.5. The van der Waals surface area contributed by atoms with Crippen LogP contribution in [0.5, 0.6) is 0 Å². The van der Waals surface area contributed by atoms with Crippen molar-refractivity contribution in [2.75, 3.05) is 0 Å². The van der Waals surface area contributed by atoms with Crippen molar-refractivity contribution in [3.05, 3.63) is 29.9 Å². The smallest absolute Gasteiger partial charge is 0.281 e. The molecule has 0 spiro atoms. The van der Waals surface area contributed by atoms with Crippen molar-refractivity contribution in [3.8, 4) is 0 Å². The fraction of sp³-hybridized carbons (Fsp3) is 0.300. The molecule has 2 rings (SSSR count). The topological polar surface area (TPSA) is 77.8 Å². The Morgan fingerprint density at radius 3 is 2.69 bits per heavy atom. The van der Waals surface area contributed by atoms with Gasteiger partial charge in [-0.1, -0.05) is 0 Å². The minimum absolute atomic E-state index is 0.0512. The van der Waals surface area contributed by atoms with Crippen molar-refractivity contribution in [1.82, 2.24) is 15.2 Å². The van der Waals surface area contributed by atoms with Crippen LogP contribution in [0.4, 0.5) is 0 Å². The van der Waals surface area contributed by atoms with E-state index in [1.165, 1.54) is 11.8 Å². The molecule has 0 unspecified atom stereocenters.